The Morgan fingerprint density at radius 2 is 2.13 bits per heavy atom. The summed E-state index contributed by atoms with van der Waals surface area (Å²) < 4.78 is 26.3. The van der Waals surface area contributed by atoms with Crippen molar-refractivity contribution in [3.8, 4) is 0 Å². The second-order valence-corrected chi connectivity index (χ2v) is 6.60. The highest BCUT2D eigenvalue weighted by molar-refractivity contribution is 7.93. The van der Waals surface area contributed by atoms with E-state index < -0.39 is 15.3 Å². The third kappa shape index (κ3) is 3.12. The minimum atomic E-state index is -3.37. The molecule has 0 aliphatic heterocycles. The molecule has 0 spiro atoms. The molecule has 1 saturated carbocycles. The first-order chi connectivity index (χ1) is 6.86. The molecule has 0 aromatic carbocycles. The van der Waals surface area contributed by atoms with E-state index in [9.17, 15) is 8.42 Å². The van der Waals surface area contributed by atoms with E-state index in [1.807, 2.05) is 0 Å². The zero-order chi connectivity index (χ0) is 11.6. The van der Waals surface area contributed by atoms with E-state index in [0.29, 0.717) is 12.3 Å². The number of hydrogen-bond acceptors (Lipinski definition) is 3. The third-order valence-corrected chi connectivity index (χ3v) is 5.20. The van der Waals surface area contributed by atoms with Gasteiger partial charge in [-0.15, -0.1) is 0 Å². The third-order valence-electron chi connectivity index (χ3n) is 2.77. The fraction of sp³-hybridized carbons (Fsp3) is 0.889. The minimum Gasteiger partial charge on any atom is -0.392 e. The molecular weight excluding hydrogens is 232 g/mol. The van der Waals surface area contributed by atoms with Crippen LogP contribution in [0, 0.1) is 5.92 Å². The van der Waals surface area contributed by atoms with E-state index in [1.165, 1.54) is 0 Å². The first-order valence-electron chi connectivity index (χ1n) is 5.17. The van der Waals surface area contributed by atoms with Crippen molar-refractivity contribution in [3.05, 3.63) is 0 Å². The molecule has 15 heavy (non-hydrogen) atoms. The zero-order valence-corrected chi connectivity index (χ0v) is 10.7. The molecule has 4 nitrogen and oxygen atoms in total. The smallest absolute Gasteiger partial charge is 0.221 e. The summed E-state index contributed by atoms with van der Waals surface area (Å²) in [6.07, 6.45) is 2.24. The van der Waals surface area contributed by atoms with Crippen molar-refractivity contribution in [2.45, 2.75) is 44.4 Å². The van der Waals surface area contributed by atoms with Crippen LogP contribution in [0.15, 0.2) is 0 Å². The summed E-state index contributed by atoms with van der Waals surface area (Å²) in [7, 11) is -3.37. The molecule has 1 rings (SSSR count). The number of nitrogens with one attached hydrogen (secondary N) is 1. The Balaban J connectivity index is 2.61. The first kappa shape index (κ1) is 12.9. The standard InChI is InChI=1S/C9H18N2O2S2/c1-3-8(9(10)14)15(12,13)11-7-4-6(2)5-7/h6-8,11H,3-5H2,1-2H3,(H2,10,14). The van der Waals surface area contributed by atoms with Crippen LogP contribution >= 0.6 is 12.2 Å². The van der Waals surface area contributed by atoms with Crippen LogP contribution in [0.5, 0.6) is 0 Å². The van der Waals surface area contributed by atoms with E-state index >= 15 is 0 Å². The summed E-state index contributed by atoms with van der Waals surface area (Å²) in [5, 5.41) is -0.733. The van der Waals surface area contributed by atoms with Gasteiger partial charge >= 0.3 is 0 Å². The van der Waals surface area contributed by atoms with Crippen LogP contribution in [0.2, 0.25) is 0 Å². The predicted octanol–water partition coefficient (Wildman–Crippen LogP) is 0.769. The second-order valence-electron chi connectivity index (χ2n) is 4.24. The average molecular weight is 250 g/mol. The molecule has 0 bridgehead atoms. The van der Waals surface area contributed by atoms with E-state index in [-0.39, 0.29) is 11.0 Å². The van der Waals surface area contributed by atoms with Crippen LogP contribution in [0.4, 0.5) is 0 Å². The Labute approximate surface area is 96.7 Å². The number of nitrogens with two attached hydrogens (primary N) is 1. The molecule has 0 aromatic rings. The topological polar surface area (TPSA) is 72.2 Å². The van der Waals surface area contributed by atoms with Crippen molar-refractivity contribution in [1.82, 2.24) is 4.72 Å². The molecule has 3 N–H and O–H groups in total. The molecule has 0 heterocycles. The summed E-state index contributed by atoms with van der Waals surface area (Å²) in [4.78, 5) is 0.0531. The van der Waals surface area contributed by atoms with Crippen LogP contribution in [-0.2, 0) is 10.0 Å². The van der Waals surface area contributed by atoms with Gasteiger partial charge in [0.05, 0.1) is 4.99 Å². The summed E-state index contributed by atoms with van der Waals surface area (Å²) in [6.45, 7) is 3.88. The Bertz CT molecular complexity index is 334. The van der Waals surface area contributed by atoms with Crippen LogP contribution in [0.1, 0.15) is 33.1 Å². The Kier molecular flexibility index (Phi) is 4.08. The van der Waals surface area contributed by atoms with Gasteiger partial charge in [-0.25, -0.2) is 13.1 Å². The molecule has 88 valence electrons. The van der Waals surface area contributed by atoms with Gasteiger partial charge in [0.25, 0.3) is 0 Å². The van der Waals surface area contributed by atoms with Gasteiger partial charge in [-0.1, -0.05) is 26.1 Å². The van der Waals surface area contributed by atoms with Gasteiger partial charge in [0.15, 0.2) is 0 Å². The molecule has 1 unspecified atom stereocenters. The Hall–Kier alpha value is -0.200. The van der Waals surface area contributed by atoms with Gasteiger partial charge in [-0.3, -0.25) is 0 Å². The van der Waals surface area contributed by atoms with Crippen LogP contribution < -0.4 is 10.5 Å². The highest BCUT2D eigenvalue weighted by Gasteiger charge is 2.33. The zero-order valence-electron chi connectivity index (χ0n) is 9.06. The van der Waals surface area contributed by atoms with Crippen molar-refractivity contribution in [1.29, 1.82) is 0 Å². The lowest BCUT2D eigenvalue weighted by Gasteiger charge is -2.34. The Morgan fingerprint density at radius 3 is 2.47 bits per heavy atom. The summed E-state index contributed by atoms with van der Waals surface area (Å²) >= 11 is 4.75. The molecule has 0 radical (unpaired) electrons. The first-order valence-corrected chi connectivity index (χ1v) is 7.12. The maximum absolute atomic E-state index is 11.8. The van der Waals surface area contributed by atoms with Crippen molar-refractivity contribution in [2.24, 2.45) is 11.7 Å². The minimum absolute atomic E-state index is 0.0531. The van der Waals surface area contributed by atoms with Crippen molar-refractivity contribution in [3.63, 3.8) is 0 Å². The van der Waals surface area contributed by atoms with Gasteiger partial charge in [0.1, 0.15) is 5.25 Å². The monoisotopic (exact) mass is 250 g/mol. The van der Waals surface area contributed by atoms with Gasteiger partial charge in [-0.05, 0) is 25.2 Å². The molecule has 0 aromatic heterocycles. The lowest BCUT2D eigenvalue weighted by Crippen LogP contribution is -2.49. The SMILES string of the molecule is CCC(C(N)=S)S(=O)(=O)NC1CC(C)C1. The second kappa shape index (κ2) is 4.76. The fourth-order valence-corrected chi connectivity index (χ4v) is 4.00. The number of hydrogen-bond donors (Lipinski definition) is 2. The molecule has 0 saturated heterocycles. The van der Waals surface area contributed by atoms with Gasteiger partial charge < -0.3 is 5.73 Å². The van der Waals surface area contributed by atoms with E-state index in [1.54, 1.807) is 6.92 Å². The molecule has 1 aliphatic rings. The maximum atomic E-state index is 11.8. The summed E-state index contributed by atoms with van der Waals surface area (Å²) in [5.74, 6) is 0.614. The fourth-order valence-electron chi connectivity index (χ4n) is 1.89. The van der Waals surface area contributed by atoms with Crippen molar-refractivity contribution in [2.75, 3.05) is 0 Å². The average Bonchev–Trinajstić information content (AvgIpc) is 2.00. The van der Waals surface area contributed by atoms with Gasteiger partial charge in [-0.2, -0.15) is 0 Å². The van der Waals surface area contributed by atoms with E-state index in [0.717, 1.165) is 12.8 Å². The Morgan fingerprint density at radius 1 is 1.60 bits per heavy atom. The molecule has 1 atom stereocenters. The highest BCUT2D eigenvalue weighted by atomic mass is 32.2. The lowest BCUT2D eigenvalue weighted by molar-refractivity contribution is 0.270. The highest BCUT2D eigenvalue weighted by Crippen LogP contribution is 2.27. The lowest BCUT2D eigenvalue weighted by atomic mass is 9.83. The number of thiocarbonyl (C=S) groups is 1. The summed E-state index contributed by atoms with van der Waals surface area (Å²) in [5.41, 5.74) is 5.41. The van der Waals surface area contributed by atoms with Crippen LogP contribution in [0.25, 0.3) is 0 Å². The van der Waals surface area contributed by atoms with Gasteiger partial charge in [0, 0.05) is 6.04 Å². The van der Waals surface area contributed by atoms with Crippen LogP contribution in [-0.4, -0.2) is 24.7 Å². The van der Waals surface area contributed by atoms with E-state index in [4.69, 9.17) is 18.0 Å². The quantitative estimate of drug-likeness (QED) is 0.707. The van der Waals surface area contributed by atoms with Gasteiger partial charge in [0.2, 0.25) is 10.0 Å². The normalized spacial score (nSPS) is 28.1. The molecule has 1 aliphatic carbocycles. The van der Waals surface area contributed by atoms with Crippen molar-refractivity contribution < 1.29 is 8.42 Å². The number of sulfonamides is 1. The maximum Gasteiger partial charge on any atom is 0.221 e. The molecule has 0 amide bonds. The molecular formula is C9H18N2O2S2. The predicted molar refractivity (Wildman–Crippen MR) is 65.1 cm³/mol. The molecule has 1 fully saturated rings. The van der Waals surface area contributed by atoms with Crippen LogP contribution in [0.3, 0.4) is 0 Å². The number of rotatable bonds is 5. The molecule has 6 heteroatoms. The van der Waals surface area contributed by atoms with Crippen molar-refractivity contribution >= 4 is 27.2 Å². The largest absolute Gasteiger partial charge is 0.392 e. The summed E-state index contributed by atoms with van der Waals surface area (Å²) in [6, 6.07) is 0.0772. The van der Waals surface area contributed by atoms with E-state index in [2.05, 4.69) is 11.6 Å².